The number of anilines is 3. The van der Waals surface area contributed by atoms with E-state index in [1.54, 1.807) is 10.9 Å². The van der Waals surface area contributed by atoms with Crippen molar-refractivity contribution in [3.63, 3.8) is 0 Å². The highest BCUT2D eigenvalue weighted by atomic mass is 35.5. The lowest BCUT2D eigenvalue weighted by Gasteiger charge is -2.10. The van der Waals surface area contributed by atoms with E-state index in [2.05, 4.69) is 37.8 Å². The van der Waals surface area contributed by atoms with Gasteiger partial charge in [0.15, 0.2) is 5.65 Å². The second kappa shape index (κ2) is 7.63. The number of rotatable bonds is 6. The number of benzene rings is 2. The second-order valence-corrected chi connectivity index (χ2v) is 6.63. The molecule has 0 unspecified atom stereocenters. The van der Waals surface area contributed by atoms with Crippen LogP contribution < -0.4 is 10.6 Å². The summed E-state index contributed by atoms with van der Waals surface area (Å²) in [5.41, 5.74) is 2.94. The van der Waals surface area contributed by atoms with Crippen LogP contribution in [0.2, 0.25) is 5.02 Å². The average Bonchev–Trinajstić information content (AvgIpc) is 3.06. The third-order valence-corrected chi connectivity index (χ3v) is 4.49. The molecule has 6 nitrogen and oxygen atoms in total. The summed E-state index contributed by atoms with van der Waals surface area (Å²) >= 11 is 5.97. The predicted molar refractivity (Wildman–Crippen MR) is 110 cm³/mol. The van der Waals surface area contributed by atoms with Crippen LogP contribution in [0.15, 0.2) is 60.8 Å². The van der Waals surface area contributed by atoms with E-state index in [9.17, 15) is 0 Å². The highest BCUT2D eigenvalue weighted by Gasteiger charge is 2.12. The van der Waals surface area contributed by atoms with Gasteiger partial charge in [0.1, 0.15) is 5.82 Å². The molecule has 0 aliphatic rings. The standard InChI is InChI=1S/C20H19ClN6/c1-27-19-17(13-23-27)18(24-16-9-7-15(21)8-10-16)25-20(26-19)22-12-11-14-5-3-2-4-6-14/h2-10,13H,11-12H2,1H3,(H2,22,24,25,26). The highest BCUT2D eigenvalue weighted by molar-refractivity contribution is 6.30. The van der Waals surface area contributed by atoms with Gasteiger partial charge in [0.25, 0.3) is 0 Å². The molecule has 0 spiro atoms. The van der Waals surface area contributed by atoms with Crippen molar-refractivity contribution in [1.29, 1.82) is 0 Å². The molecule has 0 aliphatic carbocycles. The molecule has 4 rings (SSSR count). The third kappa shape index (κ3) is 4.01. The van der Waals surface area contributed by atoms with E-state index in [1.165, 1.54) is 5.56 Å². The van der Waals surface area contributed by atoms with Crippen molar-refractivity contribution in [1.82, 2.24) is 19.7 Å². The van der Waals surface area contributed by atoms with Crippen LogP contribution in [0.25, 0.3) is 11.0 Å². The zero-order chi connectivity index (χ0) is 18.6. The summed E-state index contributed by atoms with van der Waals surface area (Å²) in [6, 6.07) is 17.8. The number of aryl methyl sites for hydroxylation is 1. The third-order valence-electron chi connectivity index (χ3n) is 4.24. The fraction of sp³-hybridized carbons (Fsp3) is 0.150. The molecule has 0 saturated carbocycles. The van der Waals surface area contributed by atoms with E-state index in [0.29, 0.717) is 16.8 Å². The lowest BCUT2D eigenvalue weighted by molar-refractivity contribution is 0.785. The first-order chi connectivity index (χ1) is 13.2. The SMILES string of the molecule is Cn1ncc2c(Nc3ccc(Cl)cc3)nc(NCCc3ccccc3)nc21. The zero-order valence-electron chi connectivity index (χ0n) is 14.9. The molecule has 7 heteroatoms. The van der Waals surface area contributed by atoms with Gasteiger partial charge in [-0.25, -0.2) is 0 Å². The van der Waals surface area contributed by atoms with E-state index in [1.807, 2.05) is 49.5 Å². The summed E-state index contributed by atoms with van der Waals surface area (Å²) in [5, 5.41) is 12.5. The Balaban J connectivity index is 1.57. The number of aromatic nitrogens is 4. The fourth-order valence-corrected chi connectivity index (χ4v) is 2.96. The Morgan fingerprint density at radius 2 is 1.78 bits per heavy atom. The van der Waals surface area contributed by atoms with Crippen LogP contribution in [0.1, 0.15) is 5.56 Å². The lowest BCUT2D eigenvalue weighted by atomic mass is 10.1. The molecule has 0 bridgehead atoms. The minimum absolute atomic E-state index is 0.568. The molecule has 2 N–H and O–H groups in total. The van der Waals surface area contributed by atoms with E-state index in [-0.39, 0.29) is 0 Å². The van der Waals surface area contributed by atoms with Gasteiger partial charge in [0, 0.05) is 24.3 Å². The van der Waals surface area contributed by atoms with Crippen molar-refractivity contribution in [2.75, 3.05) is 17.2 Å². The van der Waals surface area contributed by atoms with Gasteiger partial charge in [0.2, 0.25) is 5.95 Å². The Kier molecular flexibility index (Phi) is 4.89. The van der Waals surface area contributed by atoms with Crippen LogP contribution in [0.5, 0.6) is 0 Å². The summed E-state index contributed by atoms with van der Waals surface area (Å²) in [7, 11) is 1.87. The van der Waals surface area contributed by atoms with Crippen molar-refractivity contribution in [3.8, 4) is 0 Å². The molecule has 0 amide bonds. The minimum Gasteiger partial charge on any atom is -0.354 e. The Morgan fingerprint density at radius 3 is 2.56 bits per heavy atom. The average molecular weight is 379 g/mol. The van der Waals surface area contributed by atoms with Crippen molar-refractivity contribution in [3.05, 3.63) is 71.4 Å². The Hall–Kier alpha value is -3.12. The van der Waals surface area contributed by atoms with Crippen LogP contribution in [-0.4, -0.2) is 26.3 Å². The van der Waals surface area contributed by atoms with Crippen LogP contribution in [0, 0.1) is 0 Å². The maximum absolute atomic E-state index is 5.97. The number of fused-ring (bicyclic) bond motifs is 1. The number of halogens is 1. The zero-order valence-corrected chi connectivity index (χ0v) is 15.6. The maximum atomic E-state index is 5.97. The van der Waals surface area contributed by atoms with Gasteiger partial charge in [-0.1, -0.05) is 41.9 Å². The summed E-state index contributed by atoms with van der Waals surface area (Å²) in [4.78, 5) is 9.24. The first-order valence-corrected chi connectivity index (χ1v) is 9.07. The summed E-state index contributed by atoms with van der Waals surface area (Å²) in [5.74, 6) is 1.27. The van der Waals surface area contributed by atoms with Crippen molar-refractivity contribution in [2.45, 2.75) is 6.42 Å². The summed E-state index contributed by atoms with van der Waals surface area (Å²) in [6.07, 6.45) is 2.66. The van der Waals surface area contributed by atoms with Gasteiger partial charge in [-0.05, 0) is 36.2 Å². The smallest absolute Gasteiger partial charge is 0.226 e. The van der Waals surface area contributed by atoms with Gasteiger partial charge < -0.3 is 10.6 Å². The van der Waals surface area contributed by atoms with Crippen molar-refractivity contribution in [2.24, 2.45) is 7.05 Å². The van der Waals surface area contributed by atoms with E-state index in [0.717, 1.165) is 29.7 Å². The van der Waals surface area contributed by atoms with E-state index < -0.39 is 0 Å². The predicted octanol–water partition coefficient (Wildman–Crippen LogP) is 4.41. The normalized spacial score (nSPS) is 10.9. The van der Waals surface area contributed by atoms with Gasteiger partial charge in [0.05, 0.1) is 11.6 Å². The summed E-state index contributed by atoms with van der Waals surface area (Å²) in [6.45, 7) is 0.744. The van der Waals surface area contributed by atoms with E-state index >= 15 is 0 Å². The van der Waals surface area contributed by atoms with Crippen LogP contribution in [0.4, 0.5) is 17.5 Å². The quantitative estimate of drug-likeness (QED) is 0.520. The molecular formula is C20H19ClN6. The van der Waals surface area contributed by atoms with Crippen LogP contribution in [0.3, 0.4) is 0 Å². The highest BCUT2D eigenvalue weighted by Crippen LogP contribution is 2.25. The van der Waals surface area contributed by atoms with Crippen LogP contribution >= 0.6 is 11.6 Å². The summed E-state index contributed by atoms with van der Waals surface area (Å²) < 4.78 is 1.74. The second-order valence-electron chi connectivity index (χ2n) is 6.20. The largest absolute Gasteiger partial charge is 0.354 e. The molecule has 4 aromatic rings. The lowest BCUT2D eigenvalue weighted by Crippen LogP contribution is -2.10. The molecule has 0 atom stereocenters. The Morgan fingerprint density at radius 1 is 1.00 bits per heavy atom. The molecular weight excluding hydrogens is 360 g/mol. The Bertz CT molecular complexity index is 1040. The monoisotopic (exact) mass is 378 g/mol. The fourth-order valence-electron chi connectivity index (χ4n) is 2.83. The molecule has 2 heterocycles. The van der Waals surface area contributed by atoms with Crippen LogP contribution in [-0.2, 0) is 13.5 Å². The molecule has 0 aliphatic heterocycles. The number of hydrogen-bond acceptors (Lipinski definition) is 5. The number of hydrogen-bond donors (Lipinski definition) is 2. The number of nitrogens with one attached hydrogen (secondary N) is 2. The Labute approximate surface area is 162 Å². The first kappa shape index (κ1) is 17.3. The molecule has 0 fully saturated rings. The molecule has 2 aromatic heterocycles. The molecule has 0 saturated heterocycles. The molecule has 136 valence electrons. The minimum atomic E-state index is 0.568. The molecule has 0 radical (unpaired) electrons. The van der Waals surface area contributed by atoms with Gasteiger partial charge in [-0.15, -0.1) is 0 Å². The first-order valence-electron chi connectivity index (χ1n) is 8.69. The molecule has 2 aromatic carbocycles. The van der Waals surface area contributed by atoms with Gasteiger partial charge >= 0.3 is 0 Å². The maximum Gasteiger partial charge on any atom is 0.226 e. The number of nitrogens with zero attached hydrogens (tertiary/aromatic N) is 4. The van der Waals surface area contributed by atoms with Crippen molar-refractivity contribution < 1.29 is 0 Å². The topological polar surface area (TPSA) is 67.7 Å². The molecule has 27 heavy (non-hydrogen) atoms. The van der Waals surface area contributed by atoms with E-state index in [4.69, 9.17) is 11.6 Å². The van der Waals surface area contributed by atoms with Gasteiger partial charge in [-0.2, -0.15) is 15.1 Å². The van der Waals surface area contributed by atoms with Crippen molar-refractivity contribution >= 4 is 40.1 Å². The van der Waals surface area contributed by atoms with Gasteiger partial charge in [-0.3, -0.25) is 4.68 Å².